The Balaban J connectivity index is 1.48. The third-order valence-corrected chi connectivity index (χ3v) is 5.41. The van der Waals surface area contributed by atoms with E-state index in [1.165, 1.54) is 0 Å². The number of hydrogen-bond acceptors (Lipinski definition) is 5. The molecule has 1 saturated carbocycles. The molecule has 2 aliphatic rings. The molecule has 0 radical (unpaired) electrons. The topological polar surface area (TPSA) is 92.8 Å². The molecule has 1 aromatic carbocycles. The maximum absolute atomic E-state index is 12.3. The van der Waals surface area contributed by atoms with Crippen LogP contribution in [0.25, 0.3) is 0 Å². The molecule has 2 fully saturated rings. The zero-order valence-corrected chi connectivity index (χ0v) is 16.1. The van der Waals surface area contributed by atoms with E-state index in [2.05, 4.69) is 5.32 Å². The molecule has 0 spiro atoms. The first kappa shape index (κ1) is 20.0. The number of nitrogens with zero attached hydrogens (tertiary/aromatic N) is 1. The lowest BCUT2D eigenvalue weighted by molar-refractivity contribution is -0.147. The molecule has 7 nitrogen and oxygen atoms in total. The van der Waals surface area contributed by atoms with Crippen LogP contribution in [0.3, 0.4) is 0 Å². The number of benzene rings is 1. The van der Waals surface area contributed by atoms with Gasteiger partial charge in [-0.15, -0.1) is 0 Å². The minimum Gasteiger partial charge on any atom is -0.457 e. The number of ether oxygens (including phenoxy) is 1. The maximum Gasteiger partial charge on any atom is 0.311 e. The Morgan fingerprint density at radius 1 is 1.14 bits per heavy atom. The Morgan fingerprint density at radius 3 is 2.46 bits per heavy atom. The lowest BCUT2D eigenvalue weighted by Gasteiger charge is -2.23. The van der Waals surface area contributed by atoms with E-state index in [9.17, 15) is 19.2 Å². The number of rotatable bonds is 7. The van der Waals surface area contributed by atoms with Crippen LogP contribution in [-0.2, 0) is 19.1 Å². The highest BCUT2D eigenvalue weighted by Gasteiger charge is 2.39. The first-order valence-electron chi connectivity index (χ1n) is 9.87. The number of carbonyl (C=O) groups excluding carboxylic acids is 4. The summed E-state index contributed by atoms with van der Waals surface area (Å²) < 4.78 is 5.18. The van der Waals surface area contributed by atoms with Gasteiger partial charge < -0.3 is 15.0 Å². The van der Waals surface area contributed by atoms with Crippen LogP contribution in [0.4, 0.5) is 5.69 Å². The maximum atomic E-state index is 12.3. The second-order valence-corrected chi connectivity index (χ2v) is 7.40. The van der Waals surface area contributed by atoms with Crippen molar-refractivity contribution in [3.63, 3.8) is 0 Å². The van der Waals surface area contributed by atoms with E-state index in [0.717, 1.165) is 25.7 Å². The number of hydrogen-bond donors (Lipinski definition) is 1. The van der Waals surface area contributed by atoms with Crippen molar-refractivity contribution >= 4 is 29.3 Å². The second kappa shape index (κ2) is 8.99. The molecule has 1 heterocycles. The second-order valence-electron chi connectivity index (χ2n) is 7.40. The van der Waals surface area contributed by atoms with Gasteiger partial charge in [-0.3, -0.25) is 19.2 Å². The average molecular weight is 386 g/mol. The number of amides is 2. The summed E-state index contributed by atoms with van der Waals surface area (Å²) in [5, 5.41) is 2.70. The number of nitrogens with one attached hydrogen (secondary N) is 1. The molecule has 7 heteroatoms. The van der Waals surface area contributed by atoms with Gasteiger partial charge in [0, 0.05) is 36.7 Å². The molecule has 1 aromatic rings. The molecule has 1 aliphatic carbocycles. The van der Waals surface area contributed by atoms with Crippen molar-refractivity contribution in [2.75, 3.05) is 18.5 Å². The fourth-order valence-corrected chi connectivity index (χ4v) is 3.79. The molecule has 1 N–H and O–H groups in total. The number of likely N-dealkylation sites (tertiary alicyclic amines) is 1. The Bertz CT molecular complexity index is 753. The standard InChI is InChI=1S/C21H26N2O5/c1-2-19(25)22-16-9-7-14(8-10-16)18(24)13-28-21(27)15-11-20(26)23(12-15)17-5-3-4-6-17/h7-10,15,17H,2-6,11-13H2,1H3,(H,22,25)/t15-/m0/s1. The van der Waals surface area contributed by atoms with Crippen LogP contribution in [0.5, 0.6) is 0 Å². The molecule has 0 unspecified atom stereocenters. The average Bonchev–Trinajstić information content (AvgIpc) is 3.35. The monoisotopic (exact) mass is 386 g/mol. The molecular formula is C21H26N2O5. The number of Topliss-reactive ketones (excluding diaryl/α,β-unsaturated/α-hetero) is 1. The Labute approximate surface area is 164 Å². The molecule has 1 atom stereocenters. The van der Waals surface area contributed by atoms with E-state index >= 15 is 0 Å². The van der Waals surface area contributed by atoms with E-state index in [-0.39, 0.29) is 36.7 Å². The summed E-state index contributed by atoms with van der Waals surface area (Å²) in [6.07, 6.45) is 4.78. The SMILES string of the molecule is CCC(=O)Nc1ccc(C(=O)COC(=O)[C@H]2CC(=O)N(C3CCCC3)C2)cc1. The van der Waals surface area contributed by atoms with E-state index in [1.807, 2.05) is 4.90 Å². The number of esters is 1. The van der Waals surface area contributed by atoms with E-state index in [4.69, 9.17) is 4.74 Å². The van der Waals surface area contributed by atoms with E-state index < -0.39 is 11.9 Å². The predicted octanol–water partition coefficient (Wildman–Crippen LogP) is 2.55. The fraction of sp³-hybridized carbons (Fsp3) is 0.524. The highest BCUT2D eigenvalue weighted by molar-refractivity contribution is 5.99. The van der Waals surface area contributed by atoms with Gasteiger partial charge in [-0.25, -0.2) is 0 Å². The summed E-state index contributed by atoms with van der Waals surface area (Å²) in [6, 6.07) is 6.69. The minimum atomic E-state index is -0.493. The highest BCUT2D eigenvalue weighted by Crippen LogP contribution is 2.29. The smallest absolute Gasteiger partial charge is 0.311 e. The quantitative estimate of drug-likeness (QED) is 0.574. The summed E-state index contributed by atoms with van der Waals surface area (Å²) in [4.78, 5) is 49.9. The molecule has 0 aromatic heterocycles. The lowest BCUT2D eigenvalue weighted by Crippen LogP contribution is -2.35. The van der Waals surface area contributed by atoms with Crippen LogP contribution in [0.2, 0.25) is 0 Å². The van der Waals surface area contributed by atoms with Crippen molar-refractivity contribution < 1.29 is 23.9 Å². The number of ketones is 1. The molecule has 28 heavy (non-hydrogen) atoms. The van der Waals surface area contributed by atoms with Crippen molar-refractivity contribution in [1.82, 2.24) is 4.90 Å². The van der Waals surface area contributed by atoms with E-state index in [1.54, 1.807) is 31.2 Å². The summed E-state index contributed by atoms with van der Waals surface area (Å²) in [7, 11) is 0. The van der Waals surface area contributed by atoms with Crippen LogP contribution in [-0.4, -0.2) is 47.7 Å². The lowest BCUT2D eigenvalue weighted by atomic mass is 10.1. The molecule has 1 saturated heterocycles. The molecule has 2 amide bonds. The van der Waals surface area contributed by atoms with Crippen molar-refractivity contribution in [1.29, 1.82) is 0 Å². The molecule has 150 valence electrons. The van der Waals surface area contributed by atoms with Gasteiger partial charge in [0.25, 0.3) is 0 Å². The van der Waals surface area contributed by atoms with Crippen LogP contribution >= 0.6 is 0 Å². The largest absolute Gasteiger partial charge is 0.457 e. The normalized spacial score (nSPS) is 19.7. The molecule has 3 rings (SSSR count). The third kappa shape index (κ3) is 4.77. The van der Waals surface area contributed by atoms with Gasteiger partial charge in [-0.05, 0) is 37.1 Å². The summed E-state index contributed by atoms with van der Waals surface area (Å²) in [5.74, 6) is -1.41. The van der Waals surface area contributed by atoms with Crippen LogP contribution < -0.4 is 5.32 Å². The van der Waals surface area contributed by atoms with Gasteiger partial charge in [0.15, 0.2) is 12.4 Å². The van der Waals surface area contributed by atoms with Crippen LogP contribution in [0.1, 0.15) is 55.8 Å². The van der Waals surface area contributed by atoms with Crippen molar-refractivity contribution in [2.45, 2.75) is 51.5 Å². The van der Waals surface area contributed by atoms with Crippen LogP contribution in [0.15, 0.2) is 24.3 Å². The van der Waals surface area contributed by atoms with Gasteiger partial charge in [0.2, 0.25) is 11.8 Å². The van der Waals surface area contributed by atoms with Gasteiger partial charge in [-0.2, -0.15) is 0 Å². The Kier molecular flexibility index (Phi) is 6.44. The van der Waals surface area contributed by atoms with Gasteiger partial charge in [0.1, 0.15) is 0 Å². The summed E-state index contributed by atoms with van der Waals surface area (Å²) in [5.41, 5.74) is 1.01. The van der Waals surface area contributed by atoms with E-state index in [0.29, 0.717) is 24.2 Å². The van der Waals surface area contributed by atoms with Gasteiger partial charge in [0.05, 0.1) is 5.92 Å². The molecule has 0 bridgehead atoms. The summed E-state index contributed by atoms with van der Waals surface area (Å²) >= 11 is 0. The minimum absolute atomic E-state index is 0.00453. The zero-order valence-electron chi connectivity index (χ0n) is 16.1. The first-order chi connectivity index (χ1) is 13.5. The number of carbonyl (C=O) groups is 4. The predicted molar refractivity (Wildman–Crippen MR) is 103 cm³/mol. The number of anilines is 1. The van der Waals surface area contributed by atoms with Crippen molar-refractivity contribution in [3.05, 3.63) is 29.8 Å². The molecular weight excluding hydrogens is 360 g/mol. The van der Waals surface area contributed by atoms with Crippen molar-refractivity contribution in [3.8, 4) is 0 Å². The third-order valence-electron chi connectivity index (χ3n) is 5.41. The van der Waals surface area contributed by atoms with Crippen LogP contribution in [0, 0.1) is 5.92 Å². The Morgan fingerprint density at radius 2 is 1.82 bits per heavy atom. The molecule has 1 aliphatic heterocycles. The van der Waals surface area contributed by atoms with Gasteiger partial charge in [-0.1, -0.05) is 19.8 Å². The zero-order chi connectivity index (χ0) is 20.1. The highest BCUT2D eigenvalue weighted by atomic mass is 16.5. The van der Waals surface area contributed by atoms with Gasteiger partial charge >= 0.3 is 5.97 Å². The Hall–Kier alpha value is -2.70. The van der Waals surface area contributed by atoms with Crippen molar-refractivity contribution in [2.24, 2.45) is 5.92 Å². The summed E-state index contributed by atoms with van der Waals surface area (Å²) in [6.45, 7) is 1.79. The first-order valence-corrected chi connectivity index (χ1v) is 9.87. The fourth-order valence-electron chi connectivity index (χ4n) is 3.79.